The van der Waals surface area contributed by atoms with Gasteiger partial charge in [-0.3, -0.25) is 4.79 Å². The van der Waals surface area contributed by atoms with Crippen LogP contribution in [-0.4, -0.2) is 63.4 Å². The van der Waals surface area contributed by atoms with Crippen molar-refractivity contribution < 1.29 is 22.4 Å². The Balaban J connectivity index is 1.65. The third kappa shape index (κ3) is 4.89. The zero-order chi connectivity index (χ0) is 21.9. The summed E-state index contributed by atoms with van der Waals surface area (Å²) in [6.45, 7) is 1.08. The van der Waals surface area contributed by atoms with E-state index in [-0.39, 0.29) is 47.7 Å². The van der Waals surface area contributed by atoms with Crippen LogP contribution in [0.2, 0.25) is 5.02 Å². The maximum absolute atomic E-state index is 13.0. The minimum Gasteiger partial charge on any atom is -0.335 e. The molecular weight excluding hydrogens is 435 g/mol. The molecule has 2 aromatic carbocycles. The van der Waals surface area contributed by atoms with E-state index in [2.05, 4.69) is 10.0 Å². The summed E-state index contributed by atoms with van der Waals surface area (Å²) in [5, 5.41) is 2.82. The van der Waals surface area contributed by atoms with E-state index in [4.69, 9.17) is 11.6 Å². The van der Waals surface area contributed by atoms with Crippen molar-refractivity contribution in [2.75, 3.05) is 38.5 Å². The van der Waals surface area contributed by atoms with Crippen LogP contribution in [0.1, 0.15) is 10.4 Å². The number of urea groups is 1. The first-order chi connectivity index (χ1) is 14.2. The fourth-order valence-corrected chi connectivity index (χ4v) is 3.93. The number of hydrogen-bond acceptors (Lipinski definition) is 4. The van der Waals surface area contributed by atoms with Crippen LogP contribution < -0.4 is 10.0 Å². The number of benzene rings is 2. The molecule has 0 aromatic heterocycles. The Kier molecular flexibility index (Phi) is 6.59. The molecule has 0 aliphatic carbocycles. The van der Waals surface area contributed by atoms with Gasteiger partial charge < -0.3 is 15.1 Å². The molecule has 0 atom stereocenters. The number of carbonyl (C=O) groups is 2. The summed E-state index contributed by atoms with van der Waals surface area (Å²) < 4.78 is 39.2. The van der Waals surface area contributed by atoms with Gasteiger partial charge in [-0.25, -0.2) is 22.3 Å². The molecule has 0 unspecified atom stereocenters. The Morgan fingerprint density at radius 1 is 1.00 bits per heavy atom. The quantitative estimate of drug-likeness (QED) is 0.741. The summed E-state index contributed by atoms with van der Waals surface area (Å²) in [6.07, 6.45) is 0. The van der Waals surface area contributed by atoms with E-state index in [9.17, 15) is 22.4 Å². The Morgan fingerprint density at radius 2 is 1.60 bits per heavy atom. The Morgan fingerprint density at radius 3 is 2.20 bits per heavy atom. The van der Waals surface area contributed by atoms with Crippen molar-refractivity contribution in [1.29, 1.82) is 0 Å². The van der Waals surface area contributed by atoms with Gasteiger partial charge in [-0.2, -0.15) is 0 Å². The standard InChI is InChI=1S/C19H20ClFN4O4S/c1-22-30(28,29)15-6-7-17(20)16(12-15)18(26)24-8-10-25(11-9-24)19(27)23-14-4-2-13(21)3-5-14/h2-7,12,22H,8-11H2,1H3,(H,23,27). The normalized spacial score (nSPS) is 14.5. The SMILES string of the molecule is CNS(=O)(=O)c1ccc(Cl)c(C(=O)N2CCN(C(=O)Nc3ccc(F)cc3)CC2)c1. The van der Waals surface area contributed by atoms with E-state index in [0.717, 1.165) is 0 Å². The van der Waals surface area contributed by atoms with Gasteiger partial charge in [-0.1, -0.05) is 11.6 Å². The van der Waals surface area contributed by atoms with Crippen molar-refractivity contribution in [1.82, 2.24) is 14.5 Å². The van der Waals surface area contributed by atoms with Gasteiger partial charge in [-0.05, 0) is 49.5 Å². The van der Waals surface area contributed by atoms with Gasteiger partial charge in [0.25, 0.3) is 5.91 Å². The van der Waals surface area contributed by atoms with Crippen molar-refractivity contribution in [2.24, 2.45) is 0 Å². The maximum Gasteiger partial charge on any atom is 0.321 e. The minimum absolute atomic E-state index is 0.0601. The van der Waals surface area contributed by atoms with Gasteiger partial charge in [0.2, 0.25) is 10.0 Å². The van der Waals surface area contributed by atoms with E-state index in [1.807, 2.05) is 0 Å². The number of hydrogen-bond donors (Lipinski definition) is 2. The largest absolute Gasteiger partial charge is 0.335 e. The molecule has 1 aliphatic heterocycles. The highest BCUT2D eigenvalue weighted by Gasteiger charge is 2.27. The van der Waals surface area contributed by atoms with E-state index in [1.54, 1.807) is 0 Å². The smallest absolute Gasteiger partial charge is 0.321 e. The molecule has 3 amide bonds. The van der Waals surface area contributed by atoms with Gasteiger partial charge in [-0.15, -0.1) is 0 Å². The maximum atomic E-state index is 13.0. The molecule has 0 bridgehead atoms. The topological polar surface area (TPSA) is 98.8 Å². The molecule has 30 heavy (non-hydrogen) atoms. The second-order valence-electron chi connectivity index (χ2n) is 6.57. The molecule has 0 spiro atoms. The van der Waals surface area contributed by atoms with Crippen LogP contribution in [0.15, 0.2) is 47.4 Å². The van der Waals surface area contributed by atoms with Crippen LogP contribution in [0.3, 0.4) is 0 Å². The molecule has 8 nitrogen and oxygen atoms in total. The summed E-state index contributed by atoms with van der Waals surface area (Å²) >= 11 is 6.12. The number of nitrogens with one attached hydrogen (secondary N) is 2. The lowest BCUT2D eigenvalue weighted by atomic mass is 10.2. The number of anilines is 1. The second-order valence-corrected chi connectivity index (χ2v) is 8.86. The molecule has 1 aliphatic rings. The summed E-state index contributed by atoms with van der Waals surface area (Å²) in [5.74, 6) is -0.808. The number of rotatable bonds is 4. The third-order valence-corrected chi connectivity index (χ3v) is 6.44. The van der Waals surface area contributed by atoms with Crippen LogP contribution in [0.25, 0.3) is 0 Å². The average Bonchev–Trinajstić information content (AvgIpc) is 2.75. The van der Waals surface area contributed by atoms with Gasteiger partial charge in [0.15, 0.2) is 0 Å². The van der Waals surface area contributed by atoms with Gasteiger partial charge in [0, 0.05) is 31.9 Å². The lowest BCUT2D eigenvalue weighted by Gasteiger charge is -2.35. The highest BCUT2D eigenvalue weighted by Crippen LogP contribution is 2.23. The Bertz CT molecular complexity index is 1050. The molecule has 11 heteroatoms. The Hall–Kier alpha value is -2.69. The second kappa shape index (κ2) is 8.99. The van der Waals surface area contributed by atoms with Crippen molar-refractivity contribution in [2.45, 2.75) is 4.90 Å². The van der Waals surface area contributed by atoms with Gasteiger partial charge in [0.1, 0.15) is 5.82 Å². The van der Waals surface area contributed by atoms with Crippen molar-refractivity contribution >= 4 is 39.2 Å². The molecule has 2 aromatic rings. The van der Waals surface area contributed by atoms with Crippen molar-refractivity contribution in [3.05, 3.63) is 58.9 Å². The summed E-state index contributed by atoms with van der Waals surface area (Å²) in [4.78, 5) is 28.2. The number of amides is 3. The van der Waals surface area contributed by atoms with E-state index in [1.165, 1.54) is 59.3 Å². The minimum atomic E-state index is -3.72. The lowest BCUT2D eigenvalue weighted by molar-refractivity contribution is 0.0671. The number of carbonyl (C=O) groups excluding carboxylic acids is 2. The summed E-state index contributed by atoms with van der Waals surface area (Å²) in [5.41, 5.74) is 0.548. The monoisotopic (exact) mass is 454 g/mol. The molecular formula is C19H20ClFN4O4S. The third-order valence-electron chi connectivity index (χ3n) is 4.70. The van der Waals surface area contributed by atoms with E-state index < -0.39 is 21.7 Å². The van der Waals surface area contributed by atoms with Gasteiger partial charge in [0.05, 0.1) is 15.5 Å². The first kappa shape index (κ1) is 22.0. The number of sulfonamides is 1. The Labute approximate surface area is 178 Å². The molecule has 0 saturated carbocycles. The summed E-state index contributed by atoms with van der Waals surface area (Å²) in [6, 6.07) is 8.99. The fourth-order valence-electron chi connectivity index (χ4n) is 2.97. The first-order valence-corrected chi connectivity index (χ1v) is 10.9. The molecule has 1 saturated heterocycles. The zero-order valence-electron chi connectivity index (χ0n) is 16.1. The van der Waals surface area contributed by atoms with Crippen molar-refractivity contribution in [3.63, 3.8) is 0 Å². The predicted molar refractivity (Wildman–Crippen MR) is 111 cm³/mol. The highest BCUT2D eigenvalue weighted by atomic mass is 35.5. The molecule has 0 radical (unpaired) electrons. The van der Waals surface area contributed by atoms with Crippen LogP contribution in [0, 0.1) is 5.82 Å². The zero-order valence-corrected chi connectivity index (χ0v) is 17.6. The highest BCUT2D eigenvalue weighted by molar-refractivity contribution is 7.89. The van der Waals surface area contributed by atoms with Crippen LogP contribution >= 0.6 is 11.6 Å². The molecule has 160 valence electrons. The first-order valence-electron chi connectivity index (χ1n) is 9.05. The fraction of sp³-hybridized carbons (Fsp3) is 0.263. The van der Waals surface area contributed by atoms with Crippen LogP contribution in [0.5, 0.6) is 0 Å². The van der Waals surface area contributed by atoms with Crippen LogP contribution in [-0.2, 0) is 10.0 Å². The van der Waals surface area contributed by atoms with Crippen molar-refractivity contribution in [3.8, 4) is 0 Å². The number of piperazine rings is 1. The average molecular weight is 455 g/mol. The molecule has 3 rings (SSSR count). The molecule has 2 N–H and O–H groups in total. The van der Waals surface area contributed by atoms with E-state index >= 15 is 0 Å². The molecule has 1 heterocycles. The van der Waals surface area contributed by atoms with E-state index in [0.29, 0.717) is 5.69 Å². The lowest BCUT2D eigenvalue weighted by Crippen LogP contribution is -2.51. The van der Waals surface area contributed by atoms with Crippen LogP contribution in [0.4, 0.5) is 14.9 Å². The molecule has 1 fully saturated rings. The number of nitrogens with zero attached hydrogens (tertiary/aromatic N) is 2. The number of halogens is 2. The predicted octanol–water partition coefficient (Wildman–Crippen LogP) is 2.38. The van der Waals surface area contributed by atoms with Gasteiger partial charge >= 0.3 is 6.03 Å². The summed E-state index contributed by atoms with van der Waals surface area (Å²) in [7, 11) is -2.44.